The molecule has 0 unspecified atom stereocenters. The number of ether oxygens (including phenoxy) is 1. The third-order valence-corrected chi connectivity index (χ3v) is 6.47. The van der Waals surface area contributed by atoms with Crippen LogP contribution in [0.25, 0.3) is 0 Å². The fourth-order valence-electron chi connectivity index (χ4n) is 5.15. The summed E-state index contributed by atoms with van der Waals surface area (Å²) >= 11 is 6.08. The van der Waals surface area contributed by atoms with Crippen molar-refractivity contribution in [2.24, 2.45) is 29.1 Å². The van der Waals surface area contributed by atoms with Crippen molar-refractivity contribution in [2.45, 2.75) is 12.8 Å². The molecule has 1 saturated heterocycles. The fourth-order valence-corrected chi connectivity index (χ4v) is 5.32. The smallest absolute Gasteiger partial charge is 0.238 e. The quantitative estimate of drug-likeness (QED) is 0.619. The zero-order chi connectivity index (χ0) is 15.9. The van der Waals surface area contributed by atoms with E-state index in [4.69, 9.17) is 16.3 Å². The van der Waals surface area contributed by atoms with Crippen LogP contribution in [0.4, 0.5) is 5.69 Å². The zero-order valence-corrected chi connectivity index (χ0v) is 13.4. The summed E-state index contributed by atoms with van der Waals surface area (Å²) in [5.41, 5.74) is 0.680. The summed E-state index contributed by atoms with van der Waals surface area (Å²) in [5, 5.41) is 0.484. The van der Waals surface area contributed by atoms with E-state index in [0.29, 0.717) is 16.5 Å². The molecule has 1 spiro atoms. The van der Waals surface area contributed by atoms with Gasteiger partial charge >= 0.3 is 0 Å². The van der Waals surface area contributed by atoms with Gasteiger partial charge in [-0.3, -0.25) is 9.59 Å². The van der Waals surface area contributed by atoms with Crippen LogP contribution in [-0.2, 0) is 9.59 Å². The third kappa shape index (κ3) is 1.48. The first-order chi connectivity index (χ1) is 11.1. The number of hydrogen-bond donors (Lipinski definition) is 0. The van der Waals surface area contributed by atoms with Gasteiger partial charge in [0.25, 0.3) is 0 Å². The highest BCUT2D eigenvalue weighted by atomic mass is 35.5. The summed E-state index contributed by atoms with van der Waals surface area (Å²) in [5.74, 6) is 0.352. The molecule has 1 aliphatic heterocycles. The minimum absolute atomic E-state index is 0.0938. The highest BCUT2D eigenvalue weighted by molar-refractivity contribution is 6.31. The van der Waals surface area contributed by atoms with Crippen LogP contribution in [-0.4, -0.2) is 18.9 Å². The van der Waals surface area contributed by atoms with Crippen molar-refractivity contribution >= 4 is 29.1 Å². The number of hydrogen-bond acceptors (Lipinski definition) is 3. The van der Waals surface area contributed by atoms with Crippen LogP contribution in [0.1, 0.15) is 12.8 Å². The second-order valence-electron chi connectivity index (χ2n) is 7.05. The number of carbonyl (C=O) groups excluding carboxylic acids is 2. The molecule has 2 amide bonds. The topological polar surface area (TPSA) is 46.6 Å². The van der Waals surface area contributed by atoms with Gasteiger partial charge < -0.3 is 4.74 Å². The number of amides is 2. The number of rotatable bonds is 2. The van der Waals surface area contributed by atoms with Crippen molar-refractivity contribution in [1.29, 1.82) is 0 Å². The highest BCUT2D eigenvalue weighted by Crippen LogP contribution is 2.73. The molecule has 2 saturated carbocycles. The molecule has 118 valence electrons. The molecule has 3 fully saturated rings. The Hall–Kier alpha value is -1.81. The molecule has 4 atom stereocenters. The number of benzene rings is 1. The van der Waals surface area contributed by atoms with Gasteiger partial charge in [0.05, 0.1) is 24.6 Å². The van der Waals surface area contributed by atoms with Crippen LogP contribution < -0.4 is 9.64 Å². The highest BCUT2D eigenvalue weighted by Gasteiger charge is 2.73. The maximum Gasteiger partial charge on any atom is 0.238 e. The monoisotopic (exact) mass is 329 g/mol. The maximum absolute atomic E-state index is 13.1. The number of fused-ring (bicyclic) bond motifs is 3. The number of imide groups is 1. The summed E-state index contributed by atoms with van der Waals surface area (Å²) in [6.07, 6.45) is 6.62. The molecule has 1 aromatic carbocycles. The van der Waals surface area contributed by atoms with E-state index in [1.54, 1.807) is 18.2 Å². The second-order valence-corrected chi connectivity index (χ2v) is 7.49. The molecule has 0 radical (unpaired) electrons. The van der Waals surface area contributed by atoms with Gasteiger partial charge in [-0.1, -0.05) is 23.8 Å². The third-order valence-electron chi connectivity index (χ3n) is 6.23. The molecule has 3 aliphatic carbocycles. The molecule has 1 aromatic rings. The van der Waals surface area contributed by atoms with Crippen molar-refractivity contribution in [3.63, 3.8) is 0 Å². The molecule has 2 bridgehead atoms. The number of methoxy groups -OCH3 is 1. The Balaban J connectivity index is 1.60. The molecule has 4 aliphatic rings. The van der Waals surface area contributed by atoms with Gasteiger partial charge in [-0.15, -0.1) is 0 Å². The number of anilines is 1. The van der Waals surface area contributed by atoms with E-state index in [0.717, 1.165) is 12.8 Å². The first kappa shape index (κ1) is 13.6. The van der Waals surface area contributed by atoms with Crippen molar-refractivity contribution in [2.75, 3.05) is 12.0 Å². The lowest BCUT2D eigenvalue weighted by atomic mass is 9.85. The van der Waals surface area contributed by atoms with Crippen LogP contribution in [0.3, 0.4) is 0 Å². The molecule has 0 N–H and O–H groups in total. The van der Waals surface area contributed by atoms with Crippen LogP contribution in [0.15, 0.2) is 30.4 Å². The van der Waals surface area contributed by atoms with Gasteiger partial charge in [0.15, 0.2) is 0 Å². The normalized spacial score (nSPS) is 35.3. The first-order valence-electron chi connectivity index (χ1n) is 7.98. The standard InChI is InChI=1S/C18H16ClNO3/c1-23-13-5-2-9(19)8-12(13)20-16(21)14-10-3-4-11(15(14)17(20)22)18(10)6-7-18/h2-5,8,10-11,14-15H,6-7H2,1H3/t10-,11+,14-,15+. The van der Waals surface area contributed by atoms with Gasteiger partial charge in [-0.2, -0.15) is 0 Å². The summed E-state index contributed by atoms with van der Waals surface area (Å²) in [4.78, 5) is 27.4. The van der Waals surface area contributed by atoms with Gasteiger partial charge in [-0.25, -0.2) is 4.90 Å². The largest absolute Gasteiger partial charge is 0.495 e. The molecule has 4 nitrogen and oxygen atoms in total. The SMILES string of the molecule is COc1ccc(Cl)cc1N1C(=O)[C@@H]2[C@H](C1=O)[C@H]1C=C[C@@H]2C12CC2. The maximum atomic E-state index is 13.1. The number of nitrogens with zero attached hydrogens (tertiary/aromatic N) is 1. The van der Waals surface area contributed by atoms with E-state index in [-0.39, 0.29) is 40.9 Å². The predicted molar refractivity (Wildman–Crippen MR) is 85.3 cm³/mol. The summed E-state index contributed by atoms with van der Waals surface area (Å²) in [6.45, 7) is 0. The predicted octanol–water partition coefficient (Wildman–Crippen LogP) is 3.05. The van der Waals surface area contributed by atoms with Gasteiger partial charge in [0.2, 0.25) is 11.8 Å². The lowest BCUT2D eigenvalue weighted by molar-refractivity contribution is -0.123. The summed E-state index contributed by atoms with van der Waals surface area (Å²) < 4.78 is 5.33. The van der Waals surface area contributed by atoms with Crippen LogP contribution in [0, 0.1) is 29.1 Å². The number of carbonyl (C=O) groups is 2. The Morgan fingerprint density at radius 1 is 1.13 bits per heavy atom. The molecule has 0 aromatic heterocycles. The minimum Gasteiger partial charge on any atom is -0.495 e. The van der Waals surface area contributed by atoms with Crippen LogP contribution in [0.2, 0.25) is 5.02 Å². The lowest BCUT2D eigenvalue weighted by Crippen LogP contribution is -2.35. The summed E-state index contributed by atoms with van der Waals surface area (Å²) in [7, 11) is 1.53. The van der Waals surface area contributed by atoms with Crippen LogP contribution >= 0.6 is 11.6 Å². The van der Waals surface area contributed by atoms with Crippen molar-refractivity contribution < 1.29 is 14.3 Å². The Labute approximate surface area is 139 Å². The van der Waals surface area contributed by atoms with Gasteiger partial charge in [0, 0.05) is 5.02 Å². The Kier molecular flexibility index (Phi) is 2.47. The summed E-state index contributed by atoms with van der Waals surface area (Å²) in [6, 6.07) is 5.03. The lowest BCUT2D eigenvalue weighted by Gasteiger charge is -2.23. The van der Waals surface area contributed by atoms with Crippen molar-refractivity contribution in [3.05, 3.63) is 35.4 Å². The van der Waals surface area contributed by atoms with Gasteiger partial charge in [0.1, 0.15) is 5.75 Å². The van der Waals surface area contributed by atoms with E-state index in [9.17, 15) is 9.59 Å². The van der Waals surface area contributed by atoms with E-state index >= 15 is 0 Å². The van der Waals surface area contributed by atoms with E-state index < -0.39 is 0 Å². The Bertz CT molecular complexity index is 748. The van der Waals surface area contributed by atoms with Crippen LogP contribution in [0.5, 0.6) is 5.75 Å². The van der Waals surface area contributed by atoms with Crippen molar-refractivity contribution in [1.82, 2.24) is 0 Å². The Morgan fingerprint density at radius 3 is 2.26 bits per heavy atom. The van der Waals surface area contributed by atoms with E-state index in [1.807, 2.05) is 0 Å². The Morgan fingerprint density at radius 2 is 1.74 bits per heavy atom. The molecule has 5 heteroatoms. The molecular formula is C18H16ClNO3. The average molecular weight is 330 g/mol. The average Bonchev–Trinajstić information content (AvgIpc) is 3.13. The minimum atomic E-state index is -0.205. The fraction of sp³-hybridized carbons (Fsp3) is 0.444. The molecule has 23 heavy (non-hydrogen) atoms. The van der Waals surface area contributed by atoms with E-state index in [1.165, 1.54) is 12.0 Å². The molecular weight excluding hydrogens is 314 g/mol. The van der Waals surface area contributed by atoms with Crippen molar-refractivity contribution in [3.8, 4) is 5.75 Å². The van der Waals surface area contributed by atoms with Gasteiger partial charge in [-0.05, 0) is 48.3 Å². The molecule has 5 rings (SSSR count). The van der Waals surface area contributed by atoms with E-state index in [2.05, 4.69) is 12.2 Å². The first-order valence-corrected chi connectivity index (χ1v) is 8.36. The molecule has 1 heterocycles. The zero-order valence-electron chi connectivity index (χ0n) is 12.7. The number of allylic oxidation sites excluding steroid dienone is 2. The number of halogens is 1. The second kappa shape index (κ2) is 4.18.